The van der Waals surface area contributed by atoms with Gasteiger partial charge in [-0.25, -0.2) is 4.79 Å². The Hall–Kier alpha value is -1.84. The average Bonchev–Trinajstić information content (AvgIpc) is 3.37. The molecule has 5 fully saturated rings. The van der Waals surface area contributed by atoms with Crippen molar-refractivity contribution in [3.63, 3.8) is 0 Å². The minimum atomic E-state index is -0.998. The Morgan fingerprint density at radius 3 is 1.94 bits per heavy atom. The summed E-state index contributed by atoms with van der Waals surface area (Å²) in [6.45, 7) is 1.49. The maximum absolute atomic E-state index is 13.3. The lowest BCUT2D eigenvalue weighted by molar-refractivity contribution is -0.250. The van der Waals surface area contributed by atoms with Crippen molar-refractivity contribution in [3.05, 3.63) is 29.8 Å². The van der Waals surface area contributed by atoms with E-state index in [4.69, 9.17) is 28.4 Å². The summed E-state index contributed by atoms with van der Waals surface area (Å²) in [5.74, 6) is -1.65. The molecule has 1 aromatic carbocycles. The molecule has 184 valence electrons. The predicted octanol–water partition coefficient (Wildman–Crippen LogP) is 4.04. The van der Waals surface area contributed by atoms with Gasteiger partial charge in [0.1, 0.15) is 24.1 Å². The number of ketones is 1. The van der Waals surface area contributed by atoms with Gasteiger partial charge in [0.2, 0.25) is 0 Å². The van der Waals surface area contributed by atoms with Gasteiger partial charge in [0, 0.05) is 31.2 Å². The van der Waals surface area contributed by atoms with Gasteiger partial charge in [-0.3, -0.25) is 4.79 Å². The highest BCUT2D eigenvalue weighted by molar-refractivity contribution is 5.94. The lowest BCUT2D eigenvalue weighted by Crippen LogP contribution is -2.58. The molecule has 6 rings (SSSR count). The third kappa shape index (κ3) is 3.99. The van der Waals surface area contributed by atoms with Gasteiger partial charge in [-0.2, -0.15) is 0 Å². The van der Waals surface area contributed by atoms with Crippen LogP contribution in [-0.4, -0.2) is 54.0 Å². The number of rotatable bonds is 3. The molecule has 0 unspecified atom stereocenters. The summed E-state index contributed by atoms with van der Waals surface area (Å²) >= 11 is 0. The van der Waals surface area contributed by atoms with Gasteiger partial charge < -0.3 is 28.4 Å². The van der Waals surface area contributed by atoms with Gasteiger partial charge in [-0.15, -0.1) is 0 Å². The van der Waals surface area contributed by atoms with Crippen LogP contribution in [0.3, 0.4) is 0 Å². The number of carbonyl (C=O) groups is 2. The lowest BCUT2D eigenvalue weighted by atomic mass is 9.94. The first-order chi connectivity index (χ1) is 16.5. The summed E-state index contributed by atoms with van der Waals surface area (Å²) in [6.07, 6.45) is 6.39. The number of benzene rings is 1. The second-order valence-electron chi connectivity index (χ2n) is 10.2. The standard InChI is InChI=1S/C26H32O8/c1-16(27)17-8-10-18(11-9-17)29-23(28)21-19-20(32-25(31-19)12-4-2-5-13-25)22-24(30-21)34-26(33-22)14-6-3-7-15-26/h8-11,19-22,24H,2-7,12-15H2,1H3/t19-,20+,21+,22-,24-/m1/s1. The number of hydrogen-bond acceptors (Lipinski definition) is 8. The van der Waals surface area contributed by atoms with Crippen LogP contribution in [0, 0.1) is 0 Å². The van der Waals surface area contributed by atoms with E-state index in [-0.39, 0.29) is 5.78 Å². The normalized spacial score (nSPS) is 35.6. The lowest BCUT2D eigenvalue weighted by Gasteiger charge is -2.35. The van der Waals surface area contributed by atoms with Crippen LogP contribution in [0.2, 0.25) is 0 Å². The molecular weight excluding hydrogens is 440 g/mol. The smallest absolute Gasteiger partial charge is 0.343 e. The van der Waals surface area contributed by atoms with E-state index in [9.17, 15) is 9.59 Å². The highest BCUT2D eigenvalue weighted by Crippen LogP contribution is 2.51. The van der Waals surface area contributed by atoms with E-state index in [2.05, 4.69) is 0 Å². The van der Waals surface area contributed by atoms with Crippen molar-refractivity contribution < 1.29 is 38.0 Å². The highest BCUT2D eigenvalue weighted by atomic mass is 16.9. The first-order valence-corrected chi connectivity index (χ1v) is 12.7. The molecule has 3 saturated heterocycles. The molecule has 0 bridgehead atoms. The van der Waals surface area contributed by atoms with Crippen LogP contribution >= 0.6 is 0 Å². The second kappa shape index (κ2) is 8.68. The molecule has 34 heavy (non-hydrogen) atoms. The average molecular weight is 473 g/mol. The van der Waals surface area contributed by atoms with Crippen molar-refractivity contribution in [1.29, 1.82) is 0 Å². The Morgan fingerprint density at radius 2 is 1.32 bits per heavy atom. The van der Waals surface area contributed by atoms with Gasteiger partial charge >= 0.3 is 5.97 Å². The molecule has 3 heterocycles. The van der Waals surface area contributed by atoms with E-state index in [0.29, 0.717) is 11.3 Å². The van der Waals surface area contributed by atoms with Crippen molar-refractivity contribution >= 4 is 11.8 Å². The second-order valence-corrected chi connectivity index (χ2v) is 10.2. The summed E-state index contributed by atoms with van der Waals surface area (Å²) in [7, 11) is 0. The number of hydrogen-bond donors (Lipinski definition) is 0. The minimum Gasteiger partial charge on any atom is -0.425 e. The zero-order valence-electron chi connectivity index (χ0n) is 19.5. The molecule has 2 aliphatic carbocycles. The van der Waals surface area contributed by atoms with Crippen LogP contribution in [-0.2, 0) is 28.5 Å². The minimum absolute atomic E-state index is 0.0494. The maximum Gasteiger partial charge on any atom is 0.343 e. The van der Waals surface area contributed by atoms with Crippen LogP contribution in [0.4, 0.5) is 0 Å². The van der Waals surface area contributed by atoms with E-state index >= 15 is 0 Å². The number of carbonyl (C=O) groups excluding carboxylic acids is 2. The molecule has 8 heteroatoms. The van der Waals surface area contributed by atoms with Crippen molar-refractivity contribution in [1.82, 2.24) is 0 Å². The molecule has 5 aliphatic rings. The fraction of sp³-hybridized carbons (Fsp3) is 0.692. The van der Waals surface area contributed by atoms with Gasteiger partial charge in [-0.1, -0.05) is 12.8 Å². The summed E-state index contributed by atoms with van der Waals surface area (Å²) in [5.41, 5.74) is 0.553. The Balaban J connectivity index is 1.25. The van der Waals surface area contributed by atoms with E-state index < -0.39 is 48.2 Å². The molecule has 0 aromatic heterocycles. The molecule has 8 nitrogen and oxygen atoms in total. The van der Waals surface area contributed by atoms with Gasteiger partial charge in [0.25, 0.3) is 0 Å². The molecule has 0 radical (unpaired) electrons. The van der Waals surface area contributed by atoms with Crippen LogP contribution in [0.1, 0.15) is 81.5 Å². The van der Waals surface area contributed by atoms with Crippen molar-refractivity contribution in [2.45, 2.75) is 113 Å². The van der Waals surface area contributed by atoms with Crippen LogP contribution < -0.4 is 4.74 Å². The summed E-state index contributed by atoms with van der Waals surface area (Å²) < 4.78 is 37.7. The SMILES string of the molecule is CC(=O)c1ccc(OC(=O)[C@H]2O[C@@H]3OC4(CCCCC4)O[C@@H]3[C@H]3OC4(CCCCC4)O[C@H]32)cc1. The topological polar surface area (TPSA) is 89.5 Å². The van der Waals surface area contributed by atoms with Gasteiger partial charge in [-0.05, 0) is 56.9 Å². The zero-order valence-corrected chi connectivity index (χ0v) is 19.5. The first-order valence-electron chi connectivity index (χ1n) is 12.7. The van der Waals surface area contributed by atoms with Crippen LogP contribution in [0.15, 0.2) is 24.3 Å². The largest absolute Gasteiger partial charge is 0.425 e. The quantitative estimate of drug-likeness (QED) is 0.370. The summed E-state index contributed by atoms with van der Waals surface area (Å²) in [5, 5.41) is 0. The van der Waals surface area contributed by atoms with Gasteiger partial charge in [0.15, 0.2) is 29.8 Å². The Kier molecular flexibility index (Phi) is 5.77. The van der Waals surface area contributed by atoms with E-state index in [0.717, 1.165) is 64.2 Å². The zero-order chi connectivity index (χ0) is 23.3. The monoisotopic (exact) mass is 472 g/mol. The Bertz CT molecular complexity index is 931. The van der Waals surface area contributed by atoms with E-state index in [1.165, 1.54) is 6.92 Å². The molecular formula is C26H32O8. The molecule has 2 saturated carbocycles. The molecule has 0 N–H and O–H groups in total. The third-order valence-corrected chi connectivity index (χ3v) is 7.82. The summed E-state index contributed by atoms with van der Waals surface area (Å²) in [4.78, 5) is 24.9. The summed E-state index contributed by atoms with van der Waals surface area (Å²) in [6, 6.07) is 6.49. The fourth-order valence-corrected chi connectivity index (χ4v) is 6.08. The number of fused-ring (bicyclic) bond motifs is 3. The third-order valence-electron chi connectivity index (χ3n) is 7.82. The number of esters is 1. The number of Topliss-reactive ketones (excluding diaryl/α,β-unsaturated/α-hetero) is 1. The fourth-order valence-electron chi connectivity index (χ4n) is 6.08. The molecule has 0 amide bonds. The highest BCUT2D eigenvalue weighted by Gasteiger charge is 2.65. The first kappa shape index (κ1) is 22.6. The molecule has 3 aliphatic heterocycles. The molecule has 5 atom stereocenters. The van der Waals surface area contributed by atoms with Crippen molar-refractivity contribution in [3.8, 4) is 5.75 Å². The Labute approximate surface area is 199 Å². The van der Waals surface area contributed by atoms with Gasteiger partial charge in [0.05, 0.1) is 0 Å². The van der Waals surface area contributed by atoms with Crippen LogP contribution in [0.5, 0.6) is 5.75 Å². The molecule has 1 aromatic rings. The number of ether oxygens (including phenoxy) is 6. The predicted molar refractivity (Wildman–Crippen MR) is 118 cm³/mol. The van der Waals surface area contributed by atoms with Crippen LogP contribution in [0.25, 0.3) is 0 Å². The van der Waals surface area contributed by atoms with Crippen molar-refractivity contribution in [2.24, 2.45) is 0 Å². The maximum atomic E-state index is 13.3. The van der Waals surface area contributed by atoms with E-state index in [1.54, 1.807) is 24.3 Å². The van der Waals surface area contributed by atoms with E-state index in [1.807, 2.05) is 0 Å². The molecule has 2 spiro atoms. The van der Waals surface area contributed by atoms with Crippen molar-refractivity contribution in [2.75, 3.05) is 0 Å². The Morgan fingerprint density at radius 1 is 0.765 bits per heavy atom.